The first kappa shape index (κ1) is 15.9. The number of ether oxygens (including phenoxy) is 1. The quantitative estimate of drug-likeness (QED) is 0.714. The van der Waals surface area contributed by atoms with Crippen LogP contribution in [0.1, 0.15) is 33.6 Å². The standard InChI is InChI=1S/C12H26N2O3S/c1-4-14(10-12-6-5-8-17-12)18(15,16)9-7-13-11(2)3/h11-13H,4-10H2,1-3H3. The van der Waals surface area contributed by atoms with Crippen LogP contribution >= 0.6 is 0 Å². The summed E-state index contributed by atoms with van der Waals surface area (Å²) in [6.07, 6.45) is 2.09. The second-order valence-corrected chi connectivity index (χ2v) is 7.10. The largest absolute Gasteiger partial charge is 0.377 e. The molecule has 1 heterocycles. The molecule has 0 aromatic rings. The summed E-state index contributed by atoms with van der Waals surface area (Å²) < 4.78 is 31.4. The van der Waals surface area contributed by atoms with Gasteiger partial charge < -0.3 is 10.1 Å². The van der Waals surface area contributed by atoms with E-state index in [0.717, 1.165) is 19.4 Å². The zero-order chi connectivity index (χ0) is 13.6. The lowest BCUT2D eigenvalue weighted by molar-refractivity contribution is 0.0947. The Morgan fingerprint density at radius 3 is 2.67 bits per heavy atom. The maximum atomic E-state index is 12.2. The number of hydrogen-bond donors (Lipinski definition) is 1. The lowest BCUT2D eigenvalue weighted by Crippen LogP contribution is -2.41. The molecule has 1 fully saturated rings. The number of nitrogens with one attached hydrogen (secondary N) is 1. The molecule has 0 amide bonds. The Morgan fingerprint density at radius 1 is 1.44 bits per heavy atom. The van der Waals surface area contributed by atoms with E-state index in [4.69, 9.17) is 4.74 Å². The van der Waals surface area contributed by atoms with Crippen LogP contribution in [0.4, 0.5) is 0 Å². The second-order valence-electron chi connectivity index (χ2n) is 5.01. The summed E-state index contributed by atoms with van der Waals surface area (Å²) in [6.45, 7) is 8.18. The minimum atomic E-state index is -3.16. The smallest absolute Gasteiger partial charge is 0.215 e. The third kappa shape index (κ3) is 5.22. The van der Waals surface area contributed by atoms with Crippen LogP contribution in [0.5, 0.6) is 0 Å². The first-order valence-electron chi connectivity index (χ1n) is 6.78. The maximum absolute atomic E-state index is 12.2. The van der Waals surface area contributed by atoms with Crippen LogP contribution in [0.25, 0.3) is 0 Å². The number of rotatable bonds is 8. The summed E-state index contributed by atoms with van der Waals surface area (Å²) in [4.78, 5) is 0. The summed E-state index contributed by atoms with van der Waals surface area (Å²) in [5.41, 5.74) is 0. The molecule has 0 spiro atoms. The van der Waals surface area contributed by atoms with Crippen molar-refractivity contribution in [2.45, 2.75) is 45.8 Å². The van der Waals surface area contributed by atoms with Gasteiger partial charge in [0, 0.05) is 32.3 Å². The predicted molar refractivity (Wildman–Crippen MR) is 73.1 cm³/mol. The fraction of sp³-hybridized carbons (Fsp3) is 1.00. The molecule has 0 saturated carbocycles. The molecule has 18 heavy (non-hydrogen) atoms. The lowest BCUT2D eigenvalue weighted by atomic mass is 10.2. The Hall–Kier alpha value is -0.170. The van der Waals surface area contributed by atoms with E-state index in [-0.39, 0.29) is 11.9 Å². The molecule has 108 valence electrons. The molecule has 0 aliphatic carbocycles. The van der Waals surface area contributed by atoms with Gasteiger partial charge in [-0.2, -0.15) is 4.31 Å². The van der Waals surface area contributed by atoms with Crippen molar-refractivity contribution >= 4 is 10.0 Å². The Labute approximate surface area is 111 Å². The summed E-state index contributed by atoms with van der Waals surface area (Å²) in [5, 5.41) is 3.14. The molecule has 0 bridgehead atoms. The van der Waals surface area contributed by atoms with Gasteiger partial charge in [-0.3, -0.25) is 0 Å². The van der Waals surface area contributed by atoms with Crippen molar-refractivity contribution in [1.29, 1.82) is 0 Å². The highest BCUT2D eigenvalue weighted by Crippen LogP contribution is 2.15. The second kappa shape index (κ2) is 7.43. The van der Waals surface area contributed by atoms with Crippen molar-refractivity contribution in [1.82, 2.24) is 9.62 Å². The van der Waals surface area contributed by atoms with Crippen molar-refractivity contribution in [2.75, 3.05) is 32.0 Å². The van der Waals surface area contributed by atoms with Gasteiger partial charge in [0.05, 0.1) is 11.9 Å². The van der Waals surface area contributed by atoms with Crippen LogP contribution in [0.3, 0.4) is 0 Å². The molecule has 1 rings (SSSR count). The first-order valence-corrected chi connectivity index (χ1v) is 8.39. The molecule has 1 N–H and O–H groups in total. The Balaban J connectivity index is 2.45. The van der Waals surface area contributed by atoms with Gasteiger partial charge in [-0.05, 0) is 12.8 Å². The summed E-state index contributed by atoms with van der Waals surface area (Å²) >= 11 is 0. The van der Waals surface area contributed by atoms with Crippen LogP contribution in [0.2, 0.25) is 0 Å². The molecule has 1 aliphatic rings. The van der Waals surface area contributed by atoms with E-state index in [1.807, 2.05) is 20.8 Å². The number of likely N-dealkylation sites (N-methyl/N-ethyl adjacent to an activating group) is 1. The minimum absolute atomic E-state index is 0.0813. The Morgan fingerprint density at radius 2 is 2.17 bits per heavy atom. The summed E-state index contributed by atoms with van der Waals surface area (Å²) in [6, 6.07) is 0.313. The van der Waals surface area contributed by atoms with Gasteiger partial charge >= 0.3 is 0 Å². The number of hydrogen-bond acceptors (Lipinski definition) is 4. The first-order chi connectivity index (χ1) is 8.45. The SMILES string of the molecule is CCN(CC1CCCO1)S(=O)(=O)CCNC(C)C. The van der Waals surface area contributed by atoms with Crippen molar-refractivity contribution in [3.05, 3.63) is 0 Å². The monoisotopic (exact) mass is 278 g/mol. The van der Waals surface area contributed by atoms with Crippen LogP contribution < -0.4 is 5.32 Å². The summed E-state index contributed by atoms with van der Waals surface area (Å²) in [5.74, 6) is 0.158. The van der Waals surface area contributed by atoms with Gasteiger partial charge in [-0.15, -0.1) is 0 Å². The fourth-order valence-corrected chi connectivity index (χ4v) is 3.48. The molecule has 1 atom stereocenters. The highest BCUT2D eigenvalue weighted by atomic mass is 32.2. The third-order valence-electron chi connectivity index (χ3n) is 3.09. The van der Waals surface area contributed by atoms with Gasteiger partial charge in [0.1, 0.15) is 0 Å². The van der Waals surface area contributed by atoms with Crippen molar-refractivity contribution < 1.29 is 13.2 Å². The lowest BCUT2D eigenvalue weighted by Gasteiger charge is -2.23. The van der Waals surface area contributed by atoms with E-state index in [1.165, 1.54) is 0 Å². The highest BCUT2D eigenvalue weighted by molar-refractivity contribution is 7.89. The molecule has 1 unspecified atom stereocenters. The van der Waals surface area contributed by atoms with E-state index < -0.39 is 10.0 Å². The molecule has 0 radical (unpaired) electrons. The van der Waals surface area contributed by atoms with Gasteiger partial charge in [0.25, 0.3) is 0 Å². The molecule has 1 aliphatic heterocycles. The number of nitrogens with zero attached hydrogens (tertiary/aromatic N) is 1. The predicted octanol–water partition coefficient (Wildman–Crippen LogP) is 0.815. The van der Waals surface area contributed by atoms with Crippen LogP contribution in [0.15, 0.2) is 0 Å². The van der Waals surface area contributed by atoms with Crippen molar-refractivity contribution in [3.8, 4) is 0 Å². The Bertz CT molecular complexity index is 324. The van der Waals surface area contributed by atoms with E-state index in [0.29, 0.717) is 25.7 Å². The molecule has 6 heteroatoms. The van der Waals surface area contributed by atoms with E-state index in [9.17, 15) is 8.42 Å². The Kier molecular flexibility index (Phi) is 6.55. The van der Waals surface area contributed by atoms with E-state index in [2.05, 4.69) is 5.32 Å². The fourth-order valence-electron chi connectivity index (χ4n) is 2.06. The minimum Gasteiger partial charge on any atom is -0.377 e. The molecule has 0 aromatic heterocycles. The van der Waals surface area contributed by atoms with Crippen LogP contribution in [-0.4, -0.2) is 56.9 Å². The highest BCUT2D eigenvalue weighted by Gasteiger charge is 2.25. The average molecular weight is 278 g/mol. The molecule has 0 aromatic carbocycles. The molecular formula is C12H26N2O3S. The van der Waals surface area contributed by atoms with Gasteiger partial charge in [0.2, 0.25) is 10.0 Å². The third-order valence-corrected chi connectivity index (χ3v) is 5.00. The molecule has 1 saturated heterocycles. The van der Waals surface area contributed by atoms with Gasteiger partial charge in [-0.1, -0.05) is 20.8 Å². The topological polar surface area (TPSA) is 58.6 Å². The maximum Gasteiger partial charge on any atom is 0.215 e. The van der Waals surface area contributed by atoms with Gasteiger partial charge in [0.15, 0.2) is 0 Å². The van der Waals surface area contributed by atoms with E-state index in [1.54, 1.807) is 4.31 Å². The summed E-state index contributed by atoms with van der Waals surface area (Å²) in [7, 11) is -3.16. The van der Waals surface area contributed by atoms with Crippen LogP contribution in [0, 0.1) is 0 Å². The molecule has 5 nitrogen and oxygen atoms in total. The van der Waals surface area contributed by atoms with E-state index >= 15 is 0 Å². The normalized spacial score (nSPS) is 21.1. The number of sulfonamides is 1. The zero-order valence-corrected chi connectivity index (χ0v) is 12.5. The zero-order valence-electron chi connectivity index (χ0n) is 11.7. The van der Waals surface area contributed by atoms with Crippen LogP contribution in [-0.2, 0) is 14.8 Å². The van der Waals surface area contributed by atoms with Crippen molar-refractivity contribution in [2.24, 2.45) is 0 Å². The average Bonchev–Trinajstić information content (AvgIpc) is 2.77. The molecular weight excluding hydrogens is 252 g/mol. The van der Waals surface area contributed by atoms with Crippen molar-refractivity contribution in [3.63, 3.8) is 0 Å². The van der Waals surface area contributed by atoms with Gasteiger partial charge in [-0.25, -0.2) is 8.42 Å².